The van der Waals surface area contributed by atoms with Crippen molar-refractivity contribution in [3.8, 4) is 5.75 Å². The van der Waals surface area contributed by atoms with Crippen LogP contribution in [0.1, 0.15) is 49.0 Å². The summed E-state index contributed by atoms with van der Waals surface area (Å²) < 4.78 is 11.2. The van der Waals surface area contributed by atoms with Crippen LogP contribution in [0.2, 0.25) is 0 Å². The van der Waals surface area contributed by atoms with Gasteiger partial charge in [-0.3, -0.25) is 9.88 Å². The SMILES string of the molecule is CC.O=C(OCc1ccccc1)N1CCCC1c1nc(CCOc2cccnc2)cs1. The quantitative estimate of drug-likeness (QED) is 0.475. The van der Waals surface area contributed by atoms with Crippen LogP contribution in [0, 0.1) is 0 Å². The fourth-order valence-electron chi connectivity index (χ4n) is 3.34. The predicted octanol–water partition coefficient (Wildman–Crippen LogP) is 5.66. The Hall–Kier alpha value is -2.93. The molecule has 6 nitrogen and oxygen atoms in total. The molecule has 1 unspecified atom stereocenters. The number of hydrogen-bond donors (Lipinski definition) is 0. The van der Waals surface area contributed by atoms with E-state index >= 15 is 0 Å². The Kier molecular flexibility index (Phi) is 8.84. The van der Waals surface area contributed by atoms with Gasteiger partial charge in [0.15, 0.2) is 0 Å². The Morgan fingerprint density at radius 2 is 2.03 bits per heavy atom. The molecule has 2 aromatic heterocycles. The highest BCUT2D eigenvalue weighted by Crippen LogP contribution is 2.34. The van der Waals surface area contributed by atoms with Crippen LogP contribution < -0.4 is 4.74 Å². The first kappa shape index (κ1) is 22.7. The van der Waals surface area contributed by atoms with Gasteiger partial charge in [-0.25, -0.2) is 9.78 Å². The summed E-state index contributed by atoms with van der Waals surface area (Å²) in [5.74, 6) is 0.756. The van der Waals surface area contributed by atoms with E-state index in [0.29, 0.717) is 13.2 Å². The lowest BCUT2D eigenvalue weighted by atomic mass is 10.2. The molecule has 3 aromatic rings. The van der Waals surface area contributed by atoms with E-state index in [2.05, 4.69) is 4.98 Å². The van der Waals surface area contributed by atoms with Gasteiger partial charge in [-0.05, 0) is 30.5 Å². The number of likely N-dealkylation sites (tertiary alicyclic amines) is 1. The number of aromatic nitrogens is 2. The first-order chi connectivity index (χ1) is 15.3. The molecule has 0 spiro atoms. The van der Waals surface area contributed by atoms with Crippen LogP contribution >= 0.6 is 11.3 Å². The van der Waals surface area contributed by atoms with E-state index in [1.807, 2.05) is 61.7 Å². The second kappa shape index (κ2) is 12.1. The maximum atomic E-state index is 12.6. The van der Waals surface area contributed by atoms with Crippen molar-refractivity contribution in [1.29, 1.82) is 0 Å². The van der Waals surface area contributed by atoms with E-state index in [0.717, 1.165) is 41.3 Å². The number of rotatable bonds is 7. The van der Waals surface area contributed by atoms with Crippen LogP contribution in [0.15, 0.2) is 60.2 Å². The van der Waals surface area contributed by atoms with Gasteiger partial charge in [0.05, 0.1) is 24.5 Å². The van der Waals surface area contributed by atoms with E-state index in [1.165, 1.54) is 0 Å². The Balaban J connectivity index is 0.00000132. The summed E-state index contributed by atoms with van der Waals surface area (Å²) in [7, 11) is 0. The number of hydrogen-bond acceptors (Lipinski definition) is 6. The van der Waals surface area contributed by atoms with Crippen molar-refractivity contribution < 1.29 is 14.3 Å². The van der Waals surface area contributed by atoms with E-state index in [9.17, 15) is 4.79 Å². The lowest BCUT2D eigenvalue weighted by molar-refractivity contribution is 0.0920. The largest absolute Gasteiger partial charge is 0.492 e. The molecule has 1 aliphatic rings. The van der Waals surface area contributed by atoms with Gasteiger partial charge in [0.25, 0.3) is 0 Å². The molecule has 7 heteroatoms. The van der Waals surface area contributed by atoms with Crippen molar-refractivity contribution in [2.24, 2.45) is 0 Å². The molecule has 3 heterocycles. The Labute approximate surface area is 187 Å². The fraction of sp³-hybridized carbons (Fsp3) is 0.375. The lowest BCUT2D eigenvalue weighted by Crippen LogP contribution is -2.31. The molecule has 1 fully saturated rings. The highest BCUT2D eigenvalue weighted by Gasteiger charge is 2.33. The molecule has 0 aliphatic carbocycles. The molecule has 1 atom stereocenters. The van der Waals surface area contributed by atoms with Crippen LogP contribution in [0.3, 0.4) is 0 Å². The molecule has 0 radical (unpaired) electrons. The molecule has 31 heavy (non-hydrogen) atoms. The number of amides is 1. The van der Waals surface area contributed by atoms with E-state index in [-0.39, 0.29) is 18.7 Å². The van der Waals surface area contributed by atoms with E-state index in [4.69, 9.17) is 14.5 Å². The summed E-state index contributed by atoms with van der Waals surface area (Å²) in [6.07, 6.45) is 5.75. The molecule has 1 aliphatic heterocycles. The van der Waals surface area contributed by atoms with Gasteiger partial charge in [0.2, 0.25) is 0 Å². The average molecular weight is 440 g/mol. The molecule has 0 saturated carbocycles. The third kappa shape index (κ3) is 6.52. The number of nitrogens with zero attached hydrogens (tertiary/aromatic N) is 3. The van der Waals surface area contributed by atoms with Crippen LogP contribution in [-0.4, -0.2) is 34.1 Å². The highest BCUT2D eigenvalue weighted by molar-refractivity contribution is 7.09. The summed E-state index contributed by atoms with van der Waals surface area (Å²) in [4.78, 5) is 23.2. The molecule has 164 valence electrons. The summed E-state index contributed by atoms with van der Waals surface area (Å²) in [6, 6.07) is 13.5. The highest BCUT2D eigenvalue weighted by atomic mass is 32.1. The molecular formula is C24H29N3O3S. The zero-order chi connectivity index (χ0) is 21.9. The average Bonchev–Trinajstić information content (AvgIpc) is 3.50. The second-order valence-electron chi connectivity index (χ2n) is 6.86. The van der Waals surface area contributed by atoms with Crippen molar-refractivity contribution in [1.82, 2.24) is 14.9 Å². The Morgan fingerprint density at radius 3 is 2.81 bits per heavy atom. The van der Waals surface area contributed by atoms with Crippen LogP contribution in [0.4, 0.5) is 4.79 Å². The van der Waals surface area contributed by atoms with Gasteiger partial charge in [-0.1, -0.05) is 44.2 Å². The molecule has 1 amide bonds. The zero-order valence-corrected chi connectivity index (χ0v) is 18.9. The number of thiazole rings is 1. The molecule has 0 bridgehead atoms. The third-order valence-corrected chi connectivity index (χ3v) is 5.80. The normalized spacial score (nSPS) is 15.2. The minimum Gasteiger partial charge on any atom is -0.492 e. The monoisotopic (exact) mass is 439 g/mol. The summed E-state index contributed by atoms with van der Waals surface area (Å²) in [5.41, 5.74) is 1.97. The van der Waals surface area contributed by atoms with Gasteiger partial charge < -0.3 is 9.47 Å². The van der Waals surface area contributed by atoms with Crippen molar-refractivity contribution >= 4 is 17.4 Å². The van der Waals surface area contributed by atoms with Gasteiger partial charge in [0.1, 0.15) is 17.4 Å². The number of carbonyl (C=O) groups excluding carboxylic acids is 1. The summed E-state index contributed by atoms with van der Waals surface area (Å²) >= 11 is 1.60. The number of benzene rings is 1. The minimum atomic E-state index is -0.270. The van der Waals surface area contributed by atoms with Crippen molar-refractivity contribution in [3.63, 3.8) is 0 Å². The van der Waals surface area contributed by atoms with Crippen LogP contribution in [-0.2, 0) is 17.8 Å². The van der Waals surface area contributed by atoms with Gasteiger partial charge in [-0.2, -0.15) is 0 Å². The Morgan fingerprint density at radius 1 is 1.19 bits per heavy atom. The standard InChI is InChI=1S/C22H23N3O3S.C2H6/c26-22(28-15-17-6-2-1-3-7-17)25-12-5-9-20(25)21-24-18(16-29-21)10-13-27-19-8-4-11-23-14-19;1-2/h1-4,6-8,11,14,16,20H,5,9-10,12-13,15H2;1-2H3. The predicted molar refractivity (Wildman–Crippen MR) is 122 cm³/mol. The van der Waals surface area contributed by atoms with Crippen molar-refractivity contribution in [2.45, 2.75) is 45.8 Å². The molecule has 4 rings (SSSR count). The minimum absolute atomic E-state index is 0.00346. The topological polar surface area (TPSA) is 64.5 Å². The summed E-state index contributed by atoms with van der Waals surface area (Å²) in [5, 5.41) is 3.02. The Bertz CT molecular complexity index is 918. The van der Waals surface area contributed by atoms with Crippen molar-refractivity contribution in [3.05, 3.63) is 76.5 Å². The van der Waals surface area contributed by atoms with Gasteiger partial charge in [0, 0.05) is 24.5 Å². The van der Waals surface area contributed by atoms with Crippen LogP contribution in [0.5, 0.6) is 5.75 Å². The fourth-order valence-corrected chi connectivity index (χ4v) is 4.34. The van der Waals surface area contributed by atoms with Gasteiger partial charge >= 0.3 is 6.09 Å². The molecule has 1 aromatic carbocycles. The summed E-state index contributed by atoms with van der Waals surface area (Å²) in [6.45, 7) is 5.54. The van der Waals surface area contributed by atoms with Gasteiger partial charge in [-0.15, -0.1) is 11.3 Å². The molecular weight excluding hydrogens is 410 g/mol. The van der Waals surface area contributed by atoms with Crippen LogP contribution in [0.25, 0.3) is 0 Å². The van der Waals surface area contributed by atoms with Crippen molar-refractivity contribution in [2.75, 3.05) is 13.2 Å². The first-order valence-corrected chi connectivity index (χ1v) is 11.6. The number of carbonyl (C=O) groups is 1. The smallest absolute Gasteiger partial charge is 0.410 e. The number of ether oxygens (including phenoxy) is 2. The molecule has 0 N–H and O–H groups in total. The van der Waals surface area contributed by atoms with E-state index in [1.54, 1.807) is 28.6 Å². The number of pyridine rings is 1. The zero-order valence-electron chi connectivity index (χ0n) is 18.1. The van der Waals surface area contributed by atoms with E-state index < -0.39 is 0 Å². The first-order valence-electron chi connectivity index (χ1n) is 10.7. The second-order valence-corrected chi connectivity index (χ2v) is 7.75. The third-order valence-electron chi connectivity index (χ3n) is 4.81. The maximum Gasteiger partial charge on any atom is 0.410 e. The maximum absolute atomic E-state index is 12.6. The molecule has 1 saturated heterocycles. The lowest BCUT2D eigenvalue weighted by Gasteiger charge is -2.22.